The van der Waals surface area contributed by atoms with E-state index in [9.17, 15) is 4.79 Å². The maximum Gasteiger partial charge on any atom is 0.196 e. The van der Waals surface area contributed by atoms with Crippen molar-refractivity contribution in [2.75, 3.05) is 0 Å². The van der Waals surface area contributed by atoms with Crippen LogP contribution in [-0.4, -0.2) is 15.8 Å². The predicted molar refractivity (Wildman–Crippen MR) is 77.2 cm³/mol. The maximum absolute atomic E-state index is 12.5. The van der Waals surface area contributed by atoms with Gasteiger partial charge in [0.05, 0.1) is 11.4 Å². The first-order valence-electron chi connectivity index (χ1n) is 5.32. The smallest absolute Gasteiger partial charge is 0.196 e. The quantitative estimate of drug-likeness (QED) is 0.611. The highest BCUT2D eigenvalue weighted by Gasteiger charge is 2.16. The second-order valence-corrected chi connectivity index (χ2v) is 4.71. The molecule has 2 rings (SSSR count). The number of nitrogens with zero attached hydrogens (tertiary/aromatic N) is 2. The summed E-state index contributed by atoms with van der Waals surface area (Å²) < 4.78 is 0. The van der Waals surface area contributed by atoms with Crippen LogP contribution < -0.4 is 0 Å². The minimum Gasteiger partial charge on any atom is -0.288 e. The zero-order valence-electron chi connectivity index (χ0n) is 9.44. The van der Waals surface area contributed by atoms with Crippen LogP contribution in [0.2, 0.25) is 0 Å². The van der Waals surface area contributed by atoms with Crippen LogP contribution >= 0.6 is 31.9 Å². The molecule has 2 aromatic rings. The summed E-state index contributed by atoms with van der Waals surface area (Å²) in [6.45, 7) is 0. The summed E-state index contributed by atoms with van der Waals surface area (Å²) in [6, 6.07) is 7.11. The number of carbonyl (C=O) groups excluding carboxylic acids is 1. The van der Waals surface area contributed by atoms with Crippen molar-refractivity contribution < 1.29 is 4.79 Å². The van der Waals surface area contributed by atoms with Crippen molar-refractivity contribution in [1.29, 1.82) is 0 Å². The molecule has 0 unspecified atom stereocenters. The van der Waals surface area contributed by atoms with Crippen LogP contribution in [0.3, 0.4) is 0 Å². The van der Waals surface area contributed by atoms with Crippen LogP contribution in [0.4, 0.5) is 0 Å². The van der Waals surface area contributed by atoms with Gasteiger partial charge in [-0.25, -0.2) is 0 Å². The van der Waals surface area contributed by atoms with E-state index in [1.807, 2.05) is 0 Å². The van der Waals surface area contributed by atoms with Crippen molar-refractivity contribution in [2.24, 2.45) is 0 Å². The largest absolute Gasteiger partial charge is 0.288 e. The van der Waals surface area contributed by atoms with Gasteiger partial charge in [-0.15, -0.1) is 0 Å². The van der Waals surface area contributed by atoms with Crippen LogP contribution in [0.1, 0.15) is 27.3 Å². The summed E-state index contributed by atoms with van der Waals surface area (Å²) in [4.78, 5) is 20.9. The molecule has 3 nitrogen and oxygen atoms in total. The Hall–Kier alpha value is -1.07. The Labute approximate surface area is 122 Å². The highest BCUT2D eigenvalue weighted by molar-refractivity contribution is 9.08. The number of halogens is 2. The van der Waals surface area contributed by atoms with Gasteiger partial charge in [0.25, 0.3) is 0 Å². The molecule has 0 radical (unpaired) electrons. The molecule has 2 aromatic heterocycles. The van der Waals surface area contributed by atoms with E-state index in [0.717, 1.165) is 11.4 Å². The minimum absolute atomic E-state index is 0.0416. The minimum atomic E-state index is -0.0416. The van der Waals surface area contributed by atoms with Crippen LogP contribution in [0.25, 0.3) is 0 Å². The molecule has 0 amide bonds. The molecule has 92 valence electrons. The first-order chi connectivity index (χ1) is 8.77. The third kappa shape index (κ3) is 2.67. The fourth-order valence-corrected chi connectivity index (χ4v) is 2.54. The second-order valence-electron chi connectivity index (χ2n) is 3.59. The summed E-state index contributed by atoms with van der Waals surface area (Å²) in [5.41, 5.74) is 2.72. The molecule has 2 heterocycles. The molecule has 0 saturated heterocycles. The van der Waals surface area contributed by atoms with E-state index in [1.54, 1.807) is 36.7 Å². The Balaban J connectivity index is 2.48. The van der Waals surface area contributed by atoms with Gasteiger partial charge in [0.15, 0.2) is 5.78 Å². The Kier molecular flexibility index (Phi) is 4.60. The van der Waals surface area contributed by atoms with Gasteiger partial charge in [0, 0.05) is 34.2 Å². The third-order valence-electron chi connectivity index (χ3n) is 2.52. The monoisotopic (exact) mass is 368 g/mol. The van der Waals surface area contributed by atoms with Crippen molar-refractivity contribution in [2.45, 2.75) is 10.7 Å². The van der Waals surface area contributed by atoms with Crippen LogP contribution in [-0.2, 0) is 10.7 Å². The molecule has 0 N–H and O–H groups in total. The highest BCUT2D eigenvalue weighted by Crippen LogP contribution is 2.18. The van der Waals surface area contributed by atoms with Crippen molar-refractivity contribution >= 4 is 37.6 Å². The fourth-order valence-electron chi connectivity index (χ4n) is 1.65. The molecule has 0 aliphatic carbocycles. The predicted octanol–water partition coefficient (Wildman–Crippen LogP) is 3.50. The number of hydrogen-bond donors (Lipinski definition) is 0. The van der Waals surface area contributed by atoms with Crippen LogP contribution in [0.15, 0.2) is 36.7 Å². The van der Waals surface area contributed by atoms with E-state index in [2.05, 4.69) is 41.8 Å². The second kappa shape index (κ2) is 6.20. The van der Waals surface area contributed by atoms with Gasteiger partial charge in [-0.3, -0.25) is 14.8 Å². The van der Waals surface area contributed by atoms with Gasteiger partial charge >= 0.3 is 0 Å². The van der Waals surface area contributed by atoms with E-state index >= 15 is 0 Å². The molecule has 0 bridgehead atoms. The maximum atomic E-state index is 12.5. The molecule has 0 saturated carbocycles. The van der Waals surface area contributed by atoms with Crippen LogP contribution in [0, 0.1) is 0 Å². The average Bonchev–Trinajstić information content (AvgIpc) is 2.46. The average molecular weight is 370 g/mol. The summed E-state index contributed by atoms with van der Waals surface area (Å²) >= 11 is 6.69. The lowest BCUT2D eigenvalue weighted by atomic mass is 10.0. The van der Waals surface area contributed by atoms with Crippen molar-refractivity contribution in [3.05, 3.63) is 59.2 Å². The number of ketones is 1. The van der Waals surface area contributed by atoms with Gasteiger partial charge in [0.2, 0.25) is 0 Å². The van der Waals surface area contributed by atoms with E-state index in [0.29, 0.717) is 21.8 Å². The summed E-state index contributed by atoms with van der Waals surface area (Å²) in [7, 11) is 0. The van der Waals surface area contributed by atoms with Gasteiger partial charge in [-0.05, 0) is 24.3 Å². The summed E-state index contributed by atoms with van der Waals surface area (Å²) in [5.74, 6) is -0.0416. The molecule has 0 aromatic carbocycles. The molecule has 0 fully saturated rings. The lowest BCUT2D eigenvalue weighted by Gasteiger charge is -2.07. The van der Waals surface area contributed by atoms with Crippen molar-refractivity contribution in [3.63, 3.8) is 0 Å². The molecule has 0 aliphatic rings. The van der Waals surface area contributed by atoms with Crippen molar-refractivity contribution in [3.8, 4) is 0 Å². The molecule has 18 heavy (non-hydrogen) atoms. The van der Waals surface area contributed by atoms with Gasteiger partial charge in [-0.1, -0.05) is 31.9 Å². The Morgan fingerprint density at radius 2 is 1.39 bits per heavy atom. The van der Waals surface area contributed by atoms with Gasteiger partial charge in [0.1, 0.15) is 0 Å². The number of hydrogen-bond acceptors (Lipinski definition) is 3. The topological polar surface area (TPSA) is 42.9 Å². The number of alkyl halides is 2. The van der Waals surface area contributed by atoms with Crippen molar-refractivity contribution in [1.82, 2.24) is 9.97 Å². The Bertz CT molecular complexity index is 523. The molecule has 0 atom stereocenters. The molecule has 5 heteroatoms. The first-order valence-corrected chi connectivity index (χ1v) is 7.56. The molecular formula is C13H10Br2N2O. The third-order valence-corrected chi connectivity index (χ3v) is 3.59. The lowest BCUT2D eigenvalue weighted by molar-refractivity contribution is 0.103. The fraction of sp³-hybridized carbons (Fsp3) is 0.154. The summed E-state index contributed by atoms with van der Waals surface area (Å²) in [5, 5.41) is 1.11. The molecular weight excluding hydrogens is 360 g/mol. The number of rotatable bonds is 4. The van der Waals surface area contributed by atoms with Crippen LogP contribution in [0.5, 0.6) is 0 Å². The number of carbonyl (C=O) groups is 1. The van der Waals surface area contributed by atoms with E-state index < -0.39 is 0 Å². The highest BCUT2D eigenvalue weighted by atomic mass is 79.9. The first kappa shape index (κ1) is 13.4. The summed E-state index contributed by atoms with van der Waals surface area (Å²) in [6.07, 6.45) is 3.37. The lowest BCUT2D eigenvalue weighted by Crippen LogP contribution is -2.09. The molecule has 0 spiro atoms. The zero-order valence-corrected chi connectivity index (χ0v) is 12.6. The Morgan fingerprint density at radius 1 is 0.944 bits per heavy atom. The standard InChI is InChI=1S/C13H10Br2N2O/c14-7-11-9(3-1-5-16-11)13(18)10-4-2-6-17-12(10)8-15/h1-6H,7-8H2. The van der Waals surface area contributed by atoms with Gasteiger partial charge < -0.3 is 0 Å². The van der Waals surface area contributed by atoms with E-state index in [1.165, 1.54) is 0 Å². The zero-order chi connectivity index (χ0) is 13.0. The molecule has 0 aliphatic heterocycles. The number of pyridine rings is 2. The Morgan fingerprint density at radius 3 is 1.78 bits per heavy atom. The van der Waals surface area contributed by atoms with E-state index in [4.69, 9.17) is 0 Å². The van der Waals surface area contributed by atoms with E-state index in [-0.39, 0.29) is 5.78 Å². The number of aromatic nitrogens is 2. The SMILES string of the molecule is O=C(c1cccnc1CBr)c1cccnc1CBr. The normalized spacial score (nSPS) is 10.3. The van der Waals surface area contributed by atoms with Gasteiger partial charge in [-0.2, -0.15) is 0 Å².